The fraction of sp³-hybridized carbons (Fsp3) is 0.476. The van der Waals surface area contributed by atoms with Gasteiger partial charge in [0, 0.05) is 66.7 Å². The number of hydrogen-bond acceptors (Lipinski definition) is 6. The van der Waals surface area contributed by atoms with E-state index in [1.807, 2.05) is 10.3 Å². The van der Waals surface area contributed by atoms with Crippen LogP contribution in [0.2, 0.25) is 0 Å². The van der Waals surface area contributed by atoms with Gasteiger partial charge in [0.05, 0.1) is 0 Å². The van der Waals surface area contributed by atoms with Crippen LogP contribution >= 0.6 is 11.3 Å². The molecule has 2 fully saturated rings. The second-order valence-electron chi connectivity index (χ2n) is 7.58. The molecule has 2 saturated heterocycles. The van der Waals surface area contributed by atoms with Crippen LogP contribution in [0.1, 0.15) is 46.4 Å². The van der Waals surface area contributed by atoms with Crippen molar-refractivity contribution in [3.8, 4) is 10.6 Å². The smallest absolute Gasteiger partial charge is 0.254 e. The summed E-state index contributed by atoms with van der Waals surface area (Å²) in [4.78, 5) is 31.1. The summed E-state index contributed by atoms with van der Waals surface area (Å²) in [5.74, 6) is -0.530. The Hall–Kier alpha value is -2.29. The average Bonchev–Trinajstić information content (AvgIpc) is 3.29. The van der Waals surface area contributed by atoms with Gasteiger partial charge in [0.1, 0.15) is 5.01 Å². The molecule has 0 unspecified atom stereocenters. The topological polar surface area (TPSA) is 97.6 Å². The first-order chi connectivity index (χ1) is 14.1. The van der Waals surface area contributed by atoms with E-state index in [2.05, 4.69) is 10.3 Å². The second-order valence-corrected chi connectivity index (χ2v) is 8.48. The van der Waals surface area contributed by atoms with Gasteiger partial charge in [0.15, 0.2) is 0 Å². The number of hydrogen-bond donors (Lipinski definition) is 2. The van der Waals surface area contributed by atoms with Crippen molar-refractivity contribution in [2.24, 2.45) is 5.73 Å². The van der Waals surface area contributed by atoms with Gasteiger partial charge in [-0.3, -0.25) is 9.59 Å². The summed E-state index contributed by atoms with van der Waals surface area (Å²) in [5.41, 5.74) is 7.05. The number of likely N-dealkylation sites (tertiary alicyclic amines) is 1. The van der Waals surface area contributed by atoms with E-state index in [4.69, 9.17) is 10.5 Å². The van der Waals surface area contributed by atoms with Crippen LogP contribution in [0.5, 0.6) is 0 Å². The van der Waals surface area contributed by atoms with Gasteiger partial charge in [0.25, 0.3) is 5.91 Å². The molecule has 0 atom stereocenters. The molecule has 0 saturated carbocycles. The van der Waals surface area contributed by atoms with Gasteiger partial charge in [0.2, 0.25) is 5.91 Å². The number of piperidine rings is 1. The lowest BCUT2D eigenvalue weighted by molar-refractivity contribution is 0.0632. The molecule has 3 heterocycles. The number of thiazole rings is 1. The van der Waals surface area contributed by atoms with E-state index in [-0.39, 0.29) is 5.91 Å². The Morgan fingerprint density at radius 3 is 2.52 bits per heavy atom. The van der Waals surface area contributed by atoms with E-state index in [0.29, 0.717) is 46.9 Å². The Bertz CT molecular complexity index is 857. The molecule has 1 aromatic carbocycles. The van der Waals surface area contributed by atoms with Crippen LogP contribution in [0, 0.1) is 0 Å². The van der Waals surface area contributed by atoms with E-state index < -0.39 is 5.91 Å². The highest BCUT2D eigenvalue weighted by atomic mass is 32.1. The number of carbonyl (C=O) groups is 2. The molecule has 2 amide bonds. The molecule has 0 spiro atoms. The number of carbonyl (C=O) groups excluding carboxylic acids is 2. The van der Waals surface area contributed by atoms with Crippen molar-refractivity contribution in [2.75, 3.05) is 26.3 Å². The number of amides is 2. The summed E-state index contributed by atoms with van der Waals surface area (Å²) in [6.07, 6.45) is 5.69. The summed E-state index contributed by atoms with van der Waals surface area (Å²) < 4.78 is 5.43. The fourth-order valence-electron chi connectivity index (χ4n) is 4.03. The van der Waals surface area contributed by atoms with Gasteiger partial charge >= 0.3 is 0 Å². The number of rotatable bonds is 5. The first kappa shape index (κ1) is 20.0. The first-order valence-corrected chi connectivity index (χ1v) is 11.0. The van der Waals surface area contributed by atoms with Crippen LogP contribution in [-0.4, -0.2) is 60.1 Å². The fourth-order valence-corrected chi connectivity index (χ4v) is 4.70. The molecule has 7 nitrogen and oxygen atoms in total. The van der Waals surface area contributed by atoms with Crippen LogP contribution in [0.3, 0.4) is 0 Å². The van der Waals surface area contributed by atoms with E-state index in [1.165, 1.54) is 11.3 Å². The Balaban J connectivity index is 1.45. The molecule has 2 aliphatic rings. The van der Waals surface area contributed by atoms with Gasteiger partial charge in [-0.15, -0.1) is 11.3 Å². The highest BCUT2D eigenvalue weighted by molar-refractivity contribution is 7.13. The predicted octanol–water partition coefficient (Wildman–Crippen LogP) is 2.28. The SMILES string of the molecule is NC(=O)c1ccc(C(=O)N2CCC(NC3CCOCC3)CC2)c(-c2nccs2)c1. The standard InChI is InChI=1S/C21H26N4O3S/c22-19(26)14-1-2-17(18(13-14)20-23-7-12-29-20)21(27)25-8-3-15(4-9-25)24-16-5-10-28-11-6-16/h1-2,7,12-13,15-16,24H,3-6,8-11H2,(H2,22,26). The third-order valence-corrected chi connectivity index (χ3v) is 6.48. The average molecular weight is 415 g/mol. The summed E-state index contributed by atoms with van der Waals surface area (Å²) >= 11 is 1.44. The lowest BCUT2D eigenvalue weighted by Gasteiger charge is -2.35. The van der Waals surface area contributed by atoms with Gasteiger partial charge in [-0.1, -0.05) is 0 Å². The molecule has 2 aromatic rings. The van der Waals surface area contributed by atoms with Gasteiger partial charge in [-0.25, -0.2) is 4.98 Å². The molecule has 0 aliphatic carbocycles. The minimum atomic E-state index is -0.512. The molecule has 0 radical (unpaired) electrons. The Kier molecular flexibility index (Phi) is 6.22. The first-order valence-electron chi connectivity index (χ1n) is 10.1. The molecule has 4 rings (SSSR count). The van der Waals surface area contributed by atoms with Crippen molar-refractivity contribution in [1.29, 1.82) is 0 Å². The number of primary amides is 1. The molecule has 0 bridgehead atoms. The Morgan fingerprint density at radius 1 is 1.14 bits per heavy atom. The van der Waals surface area contributed by atoms with E-state index >= 15 is 0 Å². The molecule has 154 valence electrons. The Labute approximate surface area is 174 Å². The maximum atomic E-state index is 13.2. The van der Waals surface area contributed by atoms with E-state index in [1.54, 1.807) is 24.4 Å². The maximum absolute atomic E-state index is 13.2. The van der Waals surface area contributed by atoms with Crippen molar-refractivity contribution < 1.29 is 14.3 Å². The molecular formula is C21H26N4O3S. The van der Waals surface area contributed by atoms with Crippen molar-refractivity contribution >= 4 is 23.2 Å². The van der Waals surface area contributed by atoms with Crippen LogP contribution in [0.15, 0.2) is 29.8 Å². The van der Waals surface area contributed by atoms with Crippen LogP contribution < -0.4 is 11.1 Å². The predicted molar refractivity (Wildman–Crippen MR) is 112 cm³/mol. The van der Waals surface area contributed by atoms with Crippen molar-refractivity contribution in [1.82, 2.24) is 15.2 Å². The second kappa shape index (κ2) is 9.02. The van der Waals surface area contributed by atoms with E-state index in [0.717, 1.165) is 38.9 Å². The minimum absolute atomic E-state index is 0.0178. The van der Waals surface area contributed by atoms with Gasteiger partial charge in [-0.05, 0) is 43.9 Å². The van der Waals surface area contributed by atoms with Crippen LogP contribution in [0.4, 0.5) is 0 Å². The number of ether oxygens (including phenoxy) is 1. The van der Waals surface area contributed by atoms with Gasteiger partial charge < -0.3 is 20.7 Å². The number of aromatic nitrogens is 1. The molecule has 2 aliphatic heterocycles. The summed E-state index contributed by atoms with van der Waals surface area (Å²) in [6.45, 7) is 3.09. The van der Waals surface area contributed by atoms with Crippen molar-refractivity contribution in [3.63, 3.8) is 0 Å². The summed E-state index contributed by atoms with van der Waals surface area (Å²) in [6, 6.07) is 5.96. The third-order valence-electron chi connectivity index (χ3n) is 5.67. The van der Waals surface area contributed by atoms with E-state index in [9.17, 15) is 9.59 Å². The van der Waals surface area contributed by atoms with Crippen LogP contribution in [0.25, 0.3) is 10.6 Å². The van der Waals surface area contributed by atoms with Crippen molar-refractivity contribution in [3.05, 3.63) is 40.9 Å². The highest BCUT2D eigenvalue weighted by Crippen LogP contribution is 2.29. The number of nitrogens with zero attached hydrogens (tertiary/aromatic N) is 2. The zero-order valence-corrected chi connectivity index (χ0v) is 17.1. The zero-order chi connectivity index (χ0) is 20.2. The largest absolute Gasteiger partial charge is 0.381 e. The normalized spacial score (nSPS) is 18.7. The lowest BCUT2D eigenvalue weighted by Crippen LogP contribution is -2.49. The monoisotopic (exact) mass is 414 g/mol. The number of nitrogens with one attached hydrogen (secondary N) is 1. The lowest BCUT2D eigenvalue weighted by atomic mass is 9.98. The molecular weight excluding hydrogens is 388 g/mol. The molecule has 8 heteroatoms. The third kappa shape index (κ3) is 4.66. The zero-order valence-electron chi connectivity index (χ0n) is 16.3. The Morgan fingerprint density at radius 2 is 1.86 bits per heavy atom. The number of nitrogens with two attached hydrogens (primary N) is 1. The van der Waals surface area contributed by atoms with Crippen LogP contribution in [-0.2, 0) is 4.74 Å². The summed E-state index contributed by atoms with van der Waals surface area (Å²) in [5, 5.41) is 6.30. The van der Waals surface area contributed by atoms with Gasteiger partial charge in [-0.2, -0.15) is 0 Å². The molecule has 3 N–H and O–H groups in total. The van der Waals surface area contributed by atoms with Crippen molar-refractivity contribution in [2.45, 2.75) is 37.8 Å². The number of benzene rings is 1. The maximum Gasteiger partial charge on any atom is 0.254 e. The molecule has 1 aromatic heterocycles. The summed E-state index contributed by atoms with van der Waals surface area (Å²) in [7, 11) is 0. The minimum Gasteiger partial charge on any atom is -0.381 e. The highest BCUT2D eigenvalue weighted by Gasteiger charge is 2.27. The molecule has 29 heavy (non-hydrogen) atoms. The quantitative estimate of drug-likeness (QED) is 0.782.